The molecule has 1 aliphatic rings. The van der Waals surface area contributed by atoms with E-state index in [2.05, 4.69) is 5.32 Å². The molecule has 2 unspecified atom stereocenters. The van der Waals surface area contributed by atoms with Gasteiger partial charge < -0.3 is 15.8 Å². The van der Waals surface area contributed by atoms with Gasteiger partial charge in [-0.15, -0.1) is 0 Å². The minimum atomic E-state index is -3.27. The zero-order chi connectivity index (χ0) is 28.1. The van der Waals surface area contributed by atoms with Gasteiger partial charge in [-0.2, -0.15) is 0 Å². The second-order valence-electron chi connectivity index (χ2n) is 10.5. The van der Waals surface area contributed by atoms with Crippen molar-refractivity contribution in [1.82, 2.24) is 10.2 Å². The maximum Gasteiger partial charge on any atom is 0.410 e. The zero-order valence-corrected chi connectivity index (χ0v) is 23.2. The van der Waals surface area contributed by atoms with Crippen molar-refractivity contribution >= 4 is 27.7 Å². The van der Waals surface area contributed by atoms with Crippen LogP contribution in [0.5, 0.6) is 0 Å². The van der Waals surface area contributed by atoms with Gasteiger partial charge in [-0.3, -0.25) is 14.5 Å². The van der Waals surface area contributed by atoms with Gasteiger partial charge in [0.05, 0.1) is 10.6 Å². The maximum absolute atomic E-state index is 13.1. The fraction of sp³-hybridized carbons (Fsp3) is 0.464. The van der Waals surface area contributed by atoms with E-state index in [0.29, 0.717) is 13.0 Å². The van der Waals surface area contributed by atoms with E-state index in [-0.39, 0.29) is 17.1 Å². The normalized spacial score (nSPS) is 16.9. The van der Waals surface area contributed by atoms with Gasteiger partial charge in [0.2, 0.25) is 11.8 Å². The Bertz CT molecular complexity index is 1250. The Morgan fingerprint density at radius 2 is 1.61 bits per heavy atom. The highest BCUT2D eigenvalue weighted by atomic mass is 32.2. The lowest BCUT2D eigenvalue weighted by Gasteiger charge is -2.36. The van der Waals surface area contributed by atoms with Crippen LogP contribution in [-0.4, -0.2) is 61.2 Å². The molecule has 10 heteroatoms. The largest absolute Gasteiger partial charge is 0.444 e. The molecule has 1 heterocycles. The molecule has 0 radical (unpaired) electrons. The molecule has 0 saturated carbocycles. The van der Waals surface area contributed by atoms with E-state index in [9.17, 15) is 22.8 Å². The molecule has 3 N–H and O–H groups in total. The molecule has 0 bridgehead atoms. The lowest BCUT2D eigenvalue weighted by atomic mass is 9.99. The number of carbonyl (C=O) groups is 3. The molecule has 9 nitrogen and oxygen atoms in total. The monoisotopic (exact) mass is 543 g/mol. The van der Waals surface area contributed by atoms with Crippen molar-refractivity contribution in [3.05, 3.63) is 54.1 Å². The SMILES string of the molecule is CCS(=O)(=O)c1ccc(-c2ccc(CC(NC(=O)C3CCCCN3C(=O)OC(C)(C)C)C(N)=O)cc2)cc1. The summed E-state index contributed by atoms with van der Waals surface area (Å²) in [4.78, 5) is 39.7. The molecular weight excluding hydrogens is 506 g/mol. The Morgan fingerprint density at radius 1 is 1.03 bits per heavy atom. The number of carbonyl (C=O) groups excluding carboxylic acids is 3. The number of likely N-dealkylation sites (tertiary alicyclic amines) is 1. The van der Waals surface area contributed by atoms with Crippen LogP contribution in [0.4, 0.5) is 4.79 Å². The maximum atomic E-state index is 13.1. The average Bonchev–Trinajstić information content (AvgIpc) is 2.87. The summed E-state index contributed by atoms with van der Waals surface area (Å²) in [6, 6.07) is 12.4. The number of benzene rings is 2. The second kappa shape index (κ2) is 12.0. The average molecular weight is 544 g/mol. The van der Waals surface area contributed by atoms with Crippen LogP contribution in [0.15, 0.2) is 53.4 Å². The third kappa shape index (κ3) is 7.56. The number of amides is 3. The van der Waals surface area contributed by atoms with Crippen molar-refractivity contribution in [1.29, 1.82) is 0 Å². The molecule has 206 valence electrons. The number of rotatable bonds is 8. The molecule has 1 fully saturated rings. The van der Waals surface area contributed by atoms with Crippen LogP contribution in [0.1, 0.15) is 52.5 Å². The number of nitrogens with zero attached hydrogens (tertiary/aromatic N) is 1. The summed E-state index contributed by atoms with van der Waals surface area (Å²) in [6.07, 6.45) is 1.67. The van der Waals surface area contributed by atoms with Gasteiger partial charge in [0.15, 0.2) is 9.84 Å². The topological polar surface area (TPSA) is 136 Å². The quantitative estimate of drug-likeness (QED) is 0.523. The summed E-state index contributed by atoms with van der Waals surface area (Å²) in [5.41, 5.74) is 7.45. The third-order valence-corrected chi connectivity index (χ3v) is 8.16. The lowest BCUT2D eigenvalue weighted by molar-refractivity contribution is -0.131. The van der Waals surface area contributed by atoms with E-state index in [4.69, 9.17) is 10.5 Å². The van der Waals surface area contributed by atoms with Gasteiger partial charge in [0, 0.05) is 13.0 Å². The first-order valence-electron chi connectivity index (χ1n) is 12.8. The number of piperidine rings is 1. The summed E-state index contributed by atoms with van der Waals surface area (Å²) >= 11 is 0. The van der Waals surface area contributed by atoms with Crippen molar-refractivity contribution in [3.8, 4) is 11.1 Å². The van der Waals surface area contributed by atoms with E-state index >= 15 is 0 Å². The van der Waals surface area contributed by atoms with Crippen LogP contribution in [0.3, 0.4) is 0 Å². The summed E-state index contributed by atoms with van der Waals surface area (Å²) in [6.45, 7) is 7.32. The summed E-state index contributed by atoms with van der Waals surface area (Å²) in [5, 5.41) is 2.73. The van der Waals surface area contributed by atoms with Gasteiger partial charge in [0.1, 0.15) is 17.7 Å². The summed E-state index contributed by atoms with van der Waals surface area (Å²) in [5.74, 6) is -1.06. The molecule has 0 spiro atoms. The van der Waals surface area contributed by atoms with Gasteiger partial charge in [-0.05, 0) is 68.9 Å². The van der Waals surface area contributed by atoms with E-state index in [0.717, 1.165) is 29.5 Å². The molecule has 1 aliphatic heterocycles. The smallest absolute Gasteiger partial charge is 0.410 e. The molecule has 0 aliphatic carbocycles. The van der Waals surface area contributed by atoms with Crippen LogP contribution in [0, 0.1) is 0 Å². The van der Waals surface area contributed by atoms with Crippen molar-refractivity contribution in [2.45, 2.75) is 76.0 Å². The van der Waals surface area contributed by atoms with Crippen molar-refractivity contribution in [2.75, 3.05) is 12.3 Å². The fourth-order valence-corrected chi connectivity index (χ4v) is 5.21. The first-order chi connectivity index (χ1) is 17.8. The predicted molar refractivity (Wildman–Crippen MR) is 145 cm³/mol. The highest BCUT2D eigenvalue weighted by molar-refractivity contribution is 7.91. The Labute approximate surface area is 224 Å². The number of primary amides is 1. The molecule has 2 atom stereocenters. The van der Waals surface area contributed by atoms with Crippen LogP contribution in [0.2, 0.25) is 0 Å². The van der Waals surface area contributed by atoms with Gasteiger partial charge in [0.25, 0.3) is 0 Å². The van der Waals surface area contributed by atoms with Crippen LogP contribution in [-0.2, 0) is 30.6 Å². The fourth-order valence-electron chi connectivity index (χ4n) is 4.32. The first kappa shape index (κ1) is 29.2. The van der Waals surface area contributed by atoms with Crippen LogP contribution < -0.4 is 11.1 Å². The first-order valence-corrected chi connectivity index (χ1v) is 14.5. The Hall–Kier alpha value is -3.40. The molecule has 3 amide bonds. The van der Waals surface area contributed by atoms with E-state index in [1.807, 2.05) is 24.3 Å². The third-order valence-electron chi connectivity index (χ3n) is 6.41. The standard InChI is InChI=1S/C28H37N3O6S/c1-5-38(35,36)22-15-13-21(14-16-22)20-11-9-19(10-12-20)18-23(25(29)32)30-26(33)24-8-6-7-17-31(24)27(34)37-28(2,3)4/h9-16,23-24H,5-8,17-18H2,1-4H3,(H2,29,32)(H,30,33). The molecular formula is C28H37N3O6S. The number of nitrogens with one attached hydrogen (secondary N) is 1. The molecule has 3 rings (SSSR count). The predicted octanol–water partition coefficient (Wildman–Crippen LogP) is 3.45. The highest BCUT2D eigenvalue weighted by Gasteiger charge is 2.36. The lowest BCUT2D eigenvalue weighted by Crippen LogP contribution is -2.56. The number of ether oxygens (including phenoxy) is 1. The highest BCUT2D eigenvalue weighted by Crippen LogP contribution is 2.24. The van der Waals surface area contributed by atoms with Gasteiger partial charge in [-0.1, -0.05) is 43.3 Å². The minimum absolute atomic E-state index is 0.0401. The Morgan fingerprint density at radius 3 is 2.13 bits per heavy atom. The summed E-state index contributed by atoms with van der Waals surface area (Å²) < 4.78 is 29.6. The number of hydrogen-bond donors (Lipinski definition) is 2. The summed E-state index contributed by atoms with van der Waals surface area (Å²) in [7, 11) is -3.27. The molecule has 2 aromatic carbocycles. The van der Waals surface area contributed by atoms with Crippen molar-refractivity contribution in [2.24, 2.45) is 5.73 Å². The molecule has 1 saturated heterocycles. The molecule has 38 heavy (non-hydrogen) atoms. The van der Waals surface area contributed by atoms with Gasteiger partial charge >= 0.3 is 6.09 Å². The van der Waals surface area contributed by atoms with Crippen molar-refractivity contribution < 1.29 is 27.5 Å². The van der Waals surface area contributed by atoms with E-state index in [1.165, 1.54) is 4.90 Å². The van der Waals surface area contributed by atoms with Crippen LogP contribution in [0.25, 0.3) is 11.1 Å². The molecule has 2 aromatic rings. The number of sulfone groups is 1. The molecule has 0 aromatic heterocycles. The number of hydrogen-bond acceptors (Lipinski definition) is 6. The minimum Gasteiger partial charge on any atom is -0.444 e. The van der Waals surface area contributed by atoms with Crippen molar-refractivity contribution in [3.63, 3.8) is 0 Å². The van der Waals surface area contributed by atoms with E-state index < -0.39 is 45.4 Å². The zero-order valence-electron chi connectivity index (χ0n) is 22.4. The second-order valence-corrected chi connectivity index (χ2v) is 12.8. The van der Waals surface area contributed by atoms with Gasteiger partial charge in [-0.25, -0.2) is 13.2 Å². The Balaban J connectivity index is 1.69. The van der Waals surface area contributed by atoms with Crippen LogP contribution >= 0.6 is 0 Å². The number of nitrogens with two attached hydrogens (primary N) is 1. The Kier molecular flexibility index (Phi) is 9.19. The van der Waals surface area contributed by atoms with E-state index in [1.54, 1.807) is 52.0 Å².